The summed E-state index contributed by atoms with van der Waals surface area (Å²) >= 11 is 10.3. The van der Waals surface area contributed by atoms with E-state index in [9.17, 15) is 0 Å². The van der Waals surface area contributed by atoms with Gasteiger partial charge in [-0.15, -0.1) is 0 Å². The van der Waals surface area contributed by atoms with Crippen LogP contribution in [0.15, 0.2) is 0 Å². The number of nitrogens with zero attached hydrogens (tertiary/aromatic N) is 1. The van der Waals surface area contributed by atoms with Crippen LogP contribution in [0.5, 0.6) is 0 Å². The molecule has 1 aromatic heterocycles. The number of aryl methyl sites for hydroxylation is 1. The lowest BCUT2D eigenvalue weighted by molar-refractivity contribution is 0.673. The van der Waals surface area contributed by atoms with Crippen molar-refractivity contribution in [2.75, 3.05) is 23.8 Å². The molecule has 0 saturated carbocycles. The van der Waals surface area contributed by atoms with E-state index >= 15 is 0 Å². The van der Waals surface area contributed by atoms with Crippen LogP contribution >= 0.6 is 35.1 Å². The molecule has 19 heavy (non-hydrogen) atoms. The van der Waals surface area contributed by atoms with Gasteiger partial charge in [0, 0.05) is 42.0 Å². The Bertz CT molecular complexity index is 378. The van der Waals surface area contributed by atoms with Crippen LogP contribution in [0, 0.1) is 0 Å². The number of aromatic amines is 1. The number of thioether (sulfide) groups is 2. The minimum absolute atomic E-state index is 0.629. The van der Waals surface area contributed by atoms with Gasteiger partial charge in [0.05, 0.1) is 5.69 Å². The van der Waals surface area contributed by atoms with Crippen LogP contribution in [-0.4, -0.2) is 39.0 Å². The molecule has 1 atom stereocenters. The van der Waals surface area contributed by atoms with Crippen LogP contribution in [0.25, 0.3) is 0 Å². The third-order valence-corrected chi connectivity index (χ3v) is 6.26. The van der Waals surface area contributed by atoms with Crippen LogP contribution in [-0.2, 0) is 13.0 Å². The second kappa shape index (κ2) is 8.45. The molecule has 0 radical (unpaired) electrons. The van der Waals surface area contributed by atoms with Crippen LogP contribution in [0.2, 0.25) is 5.15 Å². The van der Waals surface area contributed by atoms with Crippen molar-refractivity contribution in [2.45, 2.75) is 38.0 Å². The van der Waals surface area contributed by atoms with Crippen molar-refractivity contribution in [3.8, 4) is 0 Å². The van der Waals surface area contributed by atoms with Crippen molar-refractivity contribution in [1.82, 2.24) is 15.3 Å². The summed E-state index contributed by atoms with van der Waals surface area (Å²) in [7, 11) is 0. The summed E-state index contributed by atoms with van der Waals surface area (Å²) in [6.45, 7) is 4.03. The van der Waals surface area contributed by atoms with Crippen molar-refractivity contribution in [1.29, 1.82) is 0 Å². The first-order chi connectivity index (χ1) is 9.29. The SMILES string of the molecule is CCCCc1nc(Cl)c(CNCC2CSCCS2)[nH]1. The van der Waals surface area contributed by atoms with E-state index < -0.39 is 0 Å². The fourth-order valence-electron chi connectivity index (χ4n) is 2.03. The maximum Gasteiger partial charge on any atom is 0.151 e. The van der Waals surface area contributed by atoms with Gasteiger partial charge in [0.2, 0.25) is 0 Å². The predicted molar refractivity (Wildman–Crippen MR) is 87.5 cm³/mol. The third kappa shape index (κ3) is 5.21. The first-order valence-electron chi connectivity index (χ1n) is 6.93. The van der Waals surface area contributed by atoms with Crippen LogP contribution in [0.1, 0.15) is 31.3 Å². The van der Waals surface area contributed by atoms with Crippen LogP contribution < -0.4 is 5.32 Å². The highest BCUT2D eigenvalue weighted by Gasteiger charge is 2.14. The van der Waals surface area contributed by atoms with E-state index in [1.54, 1.807) is 0 Å². The highest BCUT2D eigenvalue weighted by molar-refractivity contribution is 8.06. The van der Waals surface area contributed by atoms with Crippen molar-refractivity contribution < 1.29 is 0 Å². The van der Waals surface area contributed by atoms with E-state index in [4.69, 9.17) is 11.6 Å². The van der Waals surface area contributed by atoms with Gasteiger partial charge in [0.25, 0.3) is 0 Å². The first kappa shape index (κ1) is 15.5. The predicted octanol–water partition coefficient (Wildman–Crippen LogP) is 3.34. The molecule has 0 aromatic carbocycles. The molecule has 6 heteroatoms. The molecular weight excluding hydrogens is 298 g/mol. The molecule has 3 nitrogen and oxygen atoms in total. The maximum atomic E-state index is 6.15. The van der Waals surface area contributed by atoms with E-state index in [2.05, 4.69) is 45.7 Å². The highest BCUT2D eigenvalue weighted by Crippen LogP contribution is 2.23. The molecule has 2 rings (SSSR count). The largest absolute Gasteiger partial charge is 0.344 e. The molecule has 1 aliphatic rings. The fourth-order valence-corrected chi connectivity index (χ4v) is 4.89. The zero-order chi connectivity index (χ0) is 13.5. The monoisotopic (exact) mass is 319 g/mol. The zero-order valence-corrected chi connectivity index (χ0v) is 13.8. The molecule has 0 bridgehead atoms. The Balaban J connectivity index is 1.73. The summed E-state index contributed by atoms with van der Waals surface area (Å²) in [6, 6.07) is 0. The summed E-state index contributed by atoms with van der Waals surface area (Å²) in [5, 5.41) is 4.86. The Morgan fingerprint density at radius 1 is 1.47 bits per heavy atom. The molecule has 1 aromatic rings. The molecule has 0 amide bonds. The molecule has 1 saturated heterocycles. The van der Waals surface area contributed by atoms with E-state index in [1.807, 2.05) is 0 Å². The lowest BCUT2D eigenvalue weighted by Crippen LogP contribution is -2.28. The van der Waals surface area contributed by atoms with Crippen LogP contribution in [0.4, 0.5) is 0 Å². The summed E-state index contributed by atoms with van der Waals surface area (Å²) in [4.78, 5) is 7.71. The van der Waals surface area contributed by atoms with Gasteiger partial charge in [-0.1, -0.05) is 24.9 Å². The molecule has 1 aliphatic heterocycles. The number of halogens is 1. The Hall–Kier alpha value is 0.160. The molecule has 0 aliphatic carbocycles. The summed E-state index contributed by atoms with van der Waals surface area (Å²) in [6.07, 6.45) is 3.33. The topological polar surface area (TPSA) is 40.7 Å². The Morgan fingerprint density at radius 3 is 3.11 bits per heavy atom. The number of H-pyrrole nitrogens is 1. The number of aromatic nitrogens is 2. The summed E-state index contributed by atoms with van der Waals surface area (Å²) < 4.78 is 0. The van der Waals surface area contributed by atoms with E-state index in [1.165, 1.54) is 23.7 Å². The van der Waals surface area contributed by atoms with Gasteiger partial charge in [-0.3, -0.25) is 0 Å². The number of rotatable bonds is 7. The quantitative estimate of drug-likeness (QED) is 0.808. The zero-order valence-electron chi connectivity index (χ0n) is 11.4. The standard InChI is InChI=1S/C13H22ClN3S2/c1-2-3-4-12-16-11(13(14)17-12)8-15-7-10-9-18-5-6-19-10/h10,15H,2-9H2,1H3,(H,16,17). The molecule has 0 spiro atoms. The van der Waals surface area contributed by atoms with Crippen LogP contribution in [0.3, 0.4) is 0 Å². The van der Waals surface area contributed by atoms with Gasteiger partial charge >= 0.3 is 0 Å². The van der Waals surface area contributed by atoms with Gasteiger partial charge in [-0.05, 0) is 6.42 Å². The normalized spacial score (nSPS) is 19.8. The number of unbranched alkanes of at least 4 members (excludes halogenated alkanes) is 1. The van der Waals surface area contributed by atoms with E-state index in [-0.39, 0.29) is 0 Å². The maximum absolute atomic E-state index is 6.15. The first-order valence-corrected chi connectivity index (χ1v) is 9.51. The summed E-state index contributed by atoms with van der Waals surface area (Å²) in [5.74, 6) is 4.86. The average Bonchev–Trinajstić information content (AvgIpc) is 2.78. The van der Waals surface area contributed by atoms with Crippen molar-refractivity contribution in [3.05, 3.63) is 16.7 Å². The van der Waals surface area contributed by atoms with Gasteiger partial charge in [-0.25, -0.2) is 4.98 Å². The fraction of sp³-hybridized carbons (Fsp3) is 0.769. The minimum Gasteiger partial charge on any atom is -0.344 e. The van der Waals surface area contributed by atoms with Gasteiger partial charge in [0.15, 0.2) is 5.15 Å². The Morgan fingerprint density at radius 2 is 2.37 bits per heavy atom. The van der Waals surface area contributed by atoms with E-state index in [0.29, 0.717) is 5.15 Å². The Labute approximate surface area is 129 Å². The molecular formula is C13H22ClN3S2. The van der Waals surface area contributed by atoms with Crippen molar-refractivity contribution >= 4 is 35.1 Å². The number of nitrogens with one attached hydrogen (secondary N) is 2. The molecule has 1 unspecified atom stereocenters. The smallest absolute Gasteiger partial charge is 0.151 e. The molecule has 2 N–H and O–H groups in total. The molecule has 2 heterocycles. The summed E-state index contributed by atoms with van der Waals surface area (Å²) in [5.41, 5.74) is 1.03. The second-order valence-electron chi connectivity index (χ2n) is 4.76. The molecule has 1 fully saturated rings. The van der Waals surface area contributed by atoms with Gasteiger partial charge < -0.3 is 10.3 Å². The third-order valence-electron chi connectivity index (χ3n) is 3.10. The lowest BCUT2D eigenvalue weighted by Gasteiger charge is -2.21. The number of hydrogen-bond donors (Lipinski definition) is 2. The number of imidazole rings is 1. The number of hydrogen-bond acceptors (Lipinski definition) is 4. The van der Waals surface area contributed by atoms with Gasteiger partial charge in [0.1, 0.15) is 5.82 Å². The second-order valence-corrected chi connectivity index (χ2v) is 7.67. The lowest BCUT2D eigenvalue weighted by atomic mass is 10.2. The minimum atomic E-state index is 0.629. The van der Waals surface area contributed by atoms with Crippen molar-refractivity contribution in [2.24, 2.45) is 0 Å². The average molecular weight is 320 g/mol. The highest BCUT2D eigenvalue weighted by atomic mass is 35.5. The van der Waals surface area contributed by atoms with Crippen molar-refractivity contribution in [3.63, 3.8) is 0 Å². The molecule has 108 valence electrons. The van der Waals surface area contributed by atoms with Gasteiger partial charge in [-0.2, -0.15) is 23.5 Å². The Kier molecular flexibility index (Phi) is 6.91. The van der Waals surface area contributed by atoms with E-state index in [0.717, 1.165) is 42.7 Å².